The van der Waals surface area contributed by atoms with Crippen LogP contribution in [0.3, 0.4) is 0 Å². The lowest BCUT2D eigenvalue weighted by molar-refractivity contribution is -0.237. The maximum atomic E-state index is 11.6. The summed E-state index contributed by atoms with van der Waals surface area (Å²) < 4.78 is 117. The first kappa shape index (κ1) is 92.3. The van der Waals surface area contributed by atoms with Crippen LogP contribution < -0.4 is 0 Å². The maximum Gasteiger partial charge on any atom is 0.164 e. The predicted molar refractivity (Wildman–Crippen MR) is 476 cm³/mol. The average Bonchev–Trinajstić information content (AvgIpc) is 1.58. The molecule has 18 heterocycles. The highest BCUT2D eigenvalue weighted by Gasteiger charge is 2.63. The monoisotopic (exact) mass is 1920 g/mol. The van der Waals surface area contributed by atoms with Gasteiger partial charge < -0.3 is 119 Å². The van der Waals surface area contributed by atoms with E-state index in [4.69, 9.17) is 155 Å². The van der Waals surface area contributed by atoms with Gasteiger partial charge in [0, 0.05) is 117 Å². The third-order valence-corrected chi connectivity index (χ3v) is 27.1. The van der Waals surface area contributed by atoms with Crippen LogP contribution in [-0.4, -0.2) is 225 Å². The quantitative estimate of drug-likeness (QED) is 0.0597. The van der Waals surface area contributed by atoms with Crippen LogP contribution in [0.5, 0.6) is 0 Å². The van der Waals surface area contributed by atoms with E-state index in [2.05, 4.69) is 39.9 Å². The molecule has 39 heteroatoms. The van der Waals surface area contributed by atoms with Crippen LogP contribution in [0.1, 0.15) is 147 Å². The molecule has 3 N–H and O–H groups in total. The van der Waals surface area contributed by atoms with Crippen LogP contribution >= 0.6 is 69.6 Å². The highest BCUT2D eigenvalue weighted by atomic mass is 35.5. The largest absolute Gasteiger partial charge is 0.387 e. The first-order valence-electron chi connectivity index (χ1n) is 42.9. The summed E-state index contributed by atoms with van der Waals surface area (Å²) >= 11 is 37.5. The van der Waals surface area contributed by atoms with Crippen molar-refractivity contribution in [2.24, 2.45) is 0 Å². The second kappa shape index (κ2) is 37.1. The maximum absolute atomic E-state index is 11.6. The number of aryl methyl sites for hydroxylation is 2. The van der Waals surface area contributed by atoms with Gasteiger partial charge in [0.05, 0.1) is 22.2 Å². The van der Waals surface area contributed by atoms with Crippen molar-refractivity contribution >= 4 is 114 Å². The lowest BCUT2D eigenvalue weighted by Crippen LogP contribution is -2.40. The number of nitrogens with zero attached hydrogens (tertiary/aromatic N) is 12. The minimum atomic E-state index is -1.17. The zero-order valence-electron chi connectivity index (χ0n) is 73.4. The number of benzene rings is 4. The minimum absolute atomic E-state index is 0.335. The molecule has 22 rings (SSSR count). The molecule has 0 saturated carbocycles. The third kappa shape index (κ3) is 17.7. The molecule has 0 bridgehead atoms. The van der Waals surface area contributed by atoms with Crippen molar-refractivity contribution in [1.82, 2.24) is 58.1 Å². The SMILES string of the molecule is COC(Cc1cc(Cl)ccc1[C@@H](O)[C@H]1O[C@@H](n2ccc3c(Cl)ncnc32)[C@@H]2OC(C)(C)O[C@@H]21)OC.COC1Cc2cc(Cl)ccc2[C@H]([C@H]2O[C@@H](n3ccc4c(C)ncnc43)[C@@H]3OC(C)(C)O[C@@H]32)O1.COC1Cc2cc(Cl)ccc2[C@H]([C@H]2O[C@@H](n3ccc4c(C)ncnc43)[C@H](O)[C@@H]2O)O1.COC1Cc2cc(Cl)ccc2[C@H]([C@H]2O[C@@H](n3ccc4c(Cl)ncnc43)[C@@H]3OC(C)(C)O[C@@H]32)O1. The zero-order valence-corrected chi connectivity index (χ0v) is 77.9. The molecule has 3 unspecified atom stereocenters. The summed E-state index contributed by atoms with van der Waals surface area (Å²) in [6.07, 6.45) is 1.66. The van der Waals surface area contributed by atoms with Gasteiger partial charge in [-0.3, -0.25) is 0 Å². The number of hydrogen-bond donors (Lipinski definition) is 3. The Kier molecular flexibility index (Phi) is 26.1. The highest BCUT2D eigenvalue weighted by Crippen LogP contribution is 2.55. The van der Waals surface area contributed by atoms with Crippen molar-refractivity contribution in [2.75, 3.05) is 35.5 Å². The van der Waals surface area contributed by atoms with Gasteiger partial charge in [-0.25, -0.2) is 39.9 Å². The van der Waals surface area contributed by atoms with Gasteiger partial charge in [0.15, 0.2) is 67.4 Å². The summed E-state index contributed by atoms with van der Waals surface area (Å²) in [6.45, 7) is 15.2. The Morgan fingerprint density at radius 1 is 0.382 bits per heavy atom. The number of halogens is 6. The number of fused-ring (bicyclic) bond motifs is 10. The average molecular weight is 1920 g/mol. The fourth-order valence-corrected chi connectivity index (χ4v) is 20.8. The Hall–Kier alpha value is -7.74. The number of ether oxygens (including phenoxy) is 18. The summed E-state index contributed by atoms with van der Waals surface area (Å²) in [5.74, 6) is -2.38. The smallest absolute Gasteiger partial charge is 0.164 e. The van der Waals surface area contributed by atoms with E-state index in [0.29, 0.717) is 84.0 Å². The Morgan fingerprint density at radius 3 is 1.15 bits per heavy atom. The molecule has 131 heavy (non-hydrogen) atoms. The van der Waals surface area contributed by atoms with E-state index in [9.17, 15) is 15.3 Å². The molecule has 0 amide bonds. The summed E-state index contributed by atoms with van der Waals surface area (Å²) in [5, 5.41) is 39.8. The van der Waals surface area contributed by atoms with Gasteiger partial charge in [-0.15, -0.1) is 0 Å². The van der Waals surface area contributed by atoms with Crippen LogP contribution in [-0.2, 0) is 111 Å². The number of aromatic nitrogens is 12. The zero-order chi connectivity index (χ0) is 91.7. The summed E-state index contributed by atoms with van der Waals surface area (Å²) in [5.41, 5.74) is 11.9. The standard InChI is InChI=1S/C24H27Cl2N3O6.C24H26ClN3O5.C23H23Cl2N3O5.C21H22ClN3O5/c1-24(2)34-19-18(17(30)14-6-5-13(25)9-12(14)10-16(31-3)32-4)33-23(20(19)35-24)29-8-7-15-21(26)27-11-28-22(15)29;1-12-15-7-8-28(22(15)27-11-26-12)23-21-20(32-24(2,3)33-21)19(31-23)18-16-6-5-14(25)9-13(16)10-17(29-4)30-18;1-23(2)32-18-17(16-13-5-4-12(24)8-11(13)9-15(29-3)30-16)31-22(19(18)33-23)28-7-6-14-20(25)26-10-27-21(14)28;1-10-13-5-6-25(20(13)24-9-23-10)21-17(27)16(26)19(30-21)18-14-4-3-12(22)7-11(14)8-15(28-2)29-18/h5-9,11,16-20,23,30H,10H2,1-4H3;5-9,11,17-21,23H,10H2,1-4H3;4-8,10,15-19,22H,9H2,1-3H3;3-7,9,15-19,21,26-27H,8H2,1-2H3/t17-,18-,19-,20-,23-;17?,18-,19-,20-,21-,23-;15?,16-,17-,18-,19-,22-;15?,16-,17+,18+,19-,21+/m1110/s1. The molecular formula is C92H98Cl6N12O21. The van der Waals surface area contributed by atoms with Gasteiger partial charge in [0.25, 0.3) is 0 Å². The van der Waals surface area contributed by atoms with Gasteiger partial charge in [0.1, 0.15) is 156 Å². The number of aliphatic hydroxyl groups is 3. The van der Waals surface area contributed by atoms with Crippen molar-refractivity contribution in [3.63, 3.8) is 0 Å². The van der Waals surface area contributed by atoms with Gasteiger partial charge in [-0.2, -0.15) is 0 Å². The van der Waals surface area contributed by atoms with Crippen molar-refractivity contribution in [1.29, 1.82) is 0 Å². The van der Waals surface area contributed by atoms with Crippen LogP contribution in [0.4, 0.5) is 0 Å². The predicted octanol–water partition coefficient (Wildman–Crippen LogP) is 14.9. The molecule has 0 radical (unpaired) electrons. The Bertz CT molecular complexity index is 6020. The van der Waals surface area contributed by atoms with E-state index in [1.54, 1.807) is 76.9 Å². The Labute approximate surface area is 782 Å². The van der Waals surface area contributed by atoms with Gasteiger partial charge in [0.2, 0.25) is 0 Å². The molecule has 12 aromatic rings. The molecule has 10 aliphatic heterocycles. The molecule has 694 valence electrons. The van der Waals surface area contributed by atoms with Crippen LogP contribution in [0.15, 0.2) is 147 Å². The second-order valence-electron chi connectivity index (χ2n) is 34.9. The first-order chi connectivity index (χ1) is 62.9. The molecule has 33 nitrogen and oxygen atoms in total. The lowest BCUT2D eigenvalue weighted by Gasteiger charge is -2.36. The summed E-state index contributed by atoms with van der Waals surface area (Å²) in [7, 11) is 7.96. The van der Waals surface area contributed by atoms with Gasteiger partial charge in [-0.05, 0) is 173 Å². The fraction of sp³-hybridized carbons (Fsp3) is 0.478. The highest BCUT2D eigenvalue weighted by molar-refractivity contribution is 6.34. The van der Waals surface area contributed by atoms with E-state index < -0.39 is 141 Å². The molecule has 8 aromatic heterocycles. The van der Waals surface area contributed by atoms with E-state index in [0.717, 1.165) is 72.1 Å². The van der Waals surface area contributed by atoms with Crippen LogP contribution in [0, 0.1) is 13.8 Å². The second-order valence-corrected chi connectivity index (χ2v) is 37.4. The first-order valence-corrected chi connectivity index (χ1v) is 45.1. The van der Waals surface area contributed by atoms with E-state index in [-0.39, 0.29) is 24.4 Å². The Morgan fingerprint density at radius 2 is 0.725 bits per heavy atom. The third-order valence-electron chi connectivity index (χ3n) is 25.5. The molecule has 0 aliphatic carbocycles. The molecule has 0 spiro atoms. The molecule has 10 aliphatic rings. The van der Waals surface area contributed by atoms with Crippen molar-refractivity contribution < 1.29 is 101 Å². The number of methoxy groups -OCH3 is 5. The molecule has 7 saturated heterocycles. The lowest BCUT2D eigenvalue weighted by atomic mass is 9.91. The van der Waals surface area contributed by atoms with E-state index >= 15 is 0 Å². The topological polar surface area (TPSA) is 350 Å². The fourth-order valence-electron chi connectivity index (χ4n) is 19.6. The summed E-state index contributed by atoms with van der Waals surface area (Å²) in [4.78, 5) is 34.3. The van der Waals surface area contributed by atoms with Gasteiger partial charge >= 0.3 is 0 Å². The van der Waals surface area contributed by atoms with Crippen LogP contribution in [0.2, 0.25) is 30.4 Å². The number of hydrogen-bond acceptors (Lipinski definition) is 29. The Balaban J connectivity index is 0.000000113. The molecule has 7 fully saturated rings. The normalized spacial score (nSPS) is 30.7. The van der Waals surface area contributed by atoms with E-state index in [1.807, 2.05) is 160 Å². The van der Waals surface area contributed by atoms with Crippen LogP contribution in [0.25, 0.3) is 44.1 Å². The molecule has 4 aromatic carbocycles. The molecular weight excluding hydrogens is 1820 g/mol. The van der Waals surface area contributed by atoms with E-state index in [1.165, 1.54) is 19.0 Å². The summed E-state index contributed by atoms with van der Waals surface area (Å²) in [6, 6.07) is 30.1. The molecule has 23 atom stereocenters. The van der Waals surface area contributed by atoms with Gasteiger partial charge in [-0.1, -0.05) is 93.9 Å². The van der Waals surface area contributed by atoms with Crippen molar-refractivity contribution in [2.45, 2.75) is 246 Å². The number of rotatable bonds is 16. The van der Waals surface area contributed by atoms with Crippen molar-refractivity contribution in [3.05, 3.63) is 233 Å². The number of aliphatic hydroxyl groups excluding tert-OH is 3. The minimum Gasteiger partial charge on any atom is -0.387 e. The van der Waals surface area contributed by atoms with Crippen molar-refractivity contribution in [3.8, 4) is 0 Å².